The van der Waals surface area contributed by atoms with Crippen LogP contribution in [0.4, 0.5) is 34.1 Å². The summed E-state index contributed by atoms with van der Waals surface area (Å²) in [6.45, 7) is 2.26. The van der Waals surface area contributed by atoms with E-state index in [0.717, 1.165) is 23.7 Å². The molecule has 1 fully saturated rings. The Morgan fingerprint density at radius 1 is 1.14 bits per heavy atom. The smallest absolute Gasteiger partial charge is 0.271 e. The van der Waals surface area contributed by atoms with Gasteiger partial charge in [0.15, 0.2) is 11.6 Å². The van der Waals surface area contributed by atoms with Crippen molar-refractivity contribution in [2.75, 3.05) is 30.3 Å². The van der Waals surface area contributed by atoms with Crippen LogP contribution in [-0.4, -0.2) is 63.2 Å². The first-order chi connectivity index (χ1) is 17.7. The third-order valence-corrected chi connectivity index (χ3v) is 6.55. The number of likely N-dealkylation sites (tertiary alicyclic amines) is 1. The summed E-state index contributed by atoms with van der Waals surface area (Å²) in [4.78, 5) is 35.5. The highest BCUT2D eigenvalue weighted by Gasteiger charge is 2.24. The van der Waals surface area contributed by atoms with Crippen molar-refractivity contribution in [3.05, 3.63) is 59.2 Å². The molecule has 37 heavy (non-hydrogen) atoms. The summed E-state index contributed by atoms with van der Waals surface area (Å²) >= 11 is 0.980. The molecular formula is C23H23F4N7O2S. The normalized spacial score (nSPS) is 14.5. The number of amides is 2. The van der Waals surface area contributed by atoms with Gasteiger partial charge >= 0.3 is 0 Å². The fourth-order valence-corrected chi connectivity index (χ4v) is 4.66. The van der Waals surface area contributed by atoms with Crippen LogP contribution in [0.5, 0.6) is 0 Å². The molecule has 0 saturated carbocycles. The van der Waals surface area contributed by atoms with Gasteiger partial charge in [-0.3, -0.25) is 19.5 Å². The summed E-state index contributed by atoms with van der Waals surface area (Å²) in [6.07, 6.45) is 1.35. The Labute approximate surface area is 213 Å². The van der Waals surface area contributed by atoms with Crippen molar-refractivity contribution < 1.29 is 27.2 Å². The van der Waals surface area contributed by atoms with Gasteiger partial charge < -0.3 is 16.0 Å². The van der Waals surface area contributed by atoms with Crippen molar-refractivity contribution in [3.63, 3.8) is 0 Å². The van der Waals surface area contributed by atoms with E-state index in [-0.39, 0.29) is 35.3 Å². The summed E-state index contributed by atoms with van der Waals surface area (Å²) in [5.74, 6) is -3.00. The van der Waals surface area contributed by atoms with Gasteiger partial charge in [-0.2, -0.15) is 4.37 Å². The van der Waals surface area contributed by atoms with E-state index in [4.69, 9.17) is 0 Å². The van der Waals surface area contributed by atoms with E-state index in [2.05, 4.69) is 30.3 Å². The number of benzene rings is 1. The molecule has 9 nitrogen and oxygen atoms in total. The Morgan fingerprint density at radius 2 is 1.89 bits per heavy atom. The SMILES string of the molecule is Cc1nsc(Nc2cncc(C(=O)NC3CCN(CC(F)F)CC3)n2)c1C(=O)Nc1ccc(F)c(F)c1. The van der Waals surface area contributed by atoms with Crippen LogP contribution in [0.25, 0.3) is 0 Å². The van der Waals surface area contributed by atoms with Crippen molar-refractivity contribution in [2.24, 2.45) is 0 Å². The van der Waals surface area contributed by atoms with E-state index in [1.165, 1.54) is 18.5 Å². The average Bonchev–Trinajstić information content (AvgIpc) is 3.22. The minimum atomic E-state index is -2.39. The summed E-state index contributed by atoms with van der Waals surface area (Å²) in [6, 6.07) is 2.83. The fourth-order valence-electron chi connectivity index (χ4n) is 3.86. The Bertz CT molecular complexity index is 1280. The van der Waals surface area contributed by atoms with Crippen LogP contribution < -0.4 is 16.0 Å². The van der Waals surface area contributed by atoms with Gasteiger partial charge in [0.25, 0.3) is 18.2 Å². The number of carbonyl (C=O) groups excluding carboxylic acids is 2. The Hall–Kier alpha value is -3.65. The molecule has 14 heteroatoms. The van der Waals surface area contributed by atoms with Crippen molar-refractivity contribution in [1.29, 1.82) is 0 Å². The highest BCUT2D eigenvalue weighted by molar-refractivity contribution is 7.10. The van der Waals surface area contributed by atoms with Gasteiger partial charge in [-0.1, -0.05) is 0 Å². The molecule has 0 bridgehead atoms. The molecule has 0 atom stereocenters. The molecule has 3 aromatic rings. The van der Waals surface area contributed by atoms with E-state index in [0.29, 0.717) is 36.6 Å². The zero-order valence-electron chi connectivity index (χ0n) is 19.6. The minimum absolute atomic E-state index is 0.0361. The second-order valence-corrected chi connectivity index (χ2v) is 9.18. The maximum Gasteiger partial charge on any atom is 0.271 e. The first kappa shape index (κ1) is 26.4. The number of anilines is 3. The van der Waals surface area contributed by atoms with Crippen LogP contribution in [0.2, 0.25) is 0 Å². The lowest BCUT2D eigenvalue weighted by Crippen LogP contribution is -2.45. The van der Waals surface area contributed by atoms with Crippen LogP contribution >= 0.6 is 11.5 Å². The number of aromatic nitrogens is 3. The lowest BCUT2D eigenvalue weighted by Gasteiger charge is -2.31. The Kier molecular flexibility index (Phi) is 8.28. The molecule has 1 saturated heterocycles. The molecule has 3 heterocycles. The Balaban J connectivity index is 1.40. The van der Waals surface area contributed by atoms with Gasteiger partial charge in [0.05, 0.1) is 30.2 Å². The van der Waals surface area contributed by atoms with E-state index in [9.17, 15) is 27.2 Å². The standard InChI is InChI=1S/C23H23F4N7O2S/c1-12-20(22(36)30-14-2-3-15(24)16(25)8-14)23(37-33-12)32-19-10-28-9-17(31-19)21(35)29-13-4-6-34(7-5-13)11-18(26)27/h2-3,8-10,13,18H,4-7,11H2,1H3,(H,29,35)(H,30,36)(H,31,32). The third-order valence-electron chi connectivity index (χ3n) is 5.70. The van der Waals surface area contributed by atoms with Crippen molar-refractivity contribution in [1.82, 2.24) is 24.6 Å². The van der Waals surface area contributed by atoms with Crippen LogP contribution in [0, 0.1) is 18.6 Å². The molecule has 1 aliphatic heterocycles. The first-order valence-corrected chi connectivity index (χ1v) is 12.1. The predicted octanol–water partition coefficient (Wildman–Crippen LogP) is 3.97. The summed E-state index contributed by atoms with van der Waals surface area (Å²) in [5.41, 5.74) is 0.669. The van der Waals surface area contributed by atoms with Crippen molar-refractivity contribution >= 4 is 39.9 Å². The molecule has 0 radical (unpaired) electrons. The number of nitrogens with zero attached hydrogens (tertiary/aromatic N) is 4. The molecule has 2 aromatic heterocycles. The second-order valence-electron chi connectivity index (χ2n) is 8.41. The van der Waals surface area contributed by atoms with Crippen molar-refractivity contribution in [3.8, 4) is 0 Å². The van der Waals surface area contributed by atoms with Crippen LogP contribution in [0.1, 0.15) is 39.4 Å². The second kappa shape index (κ2) is 11.6. The van der Waals surface area contributed by atoms with Gasteiger partial charge in [-0.25, -0.2) is 22.5 Å². The molecule has 0 spiro atoms. The fraction of sp³-hybridized carbons (Fsp3) is 0.348. The predicted molar refractivity (Wildman–Crippen MR) is 129 cm³/mol. The van der Waals surface area contributed by atoms with Gasteiger partial charge in [-0.05, 0) is 43.4 Å². The summed E-state index contributed by atoms with van der Waals surface area (Å²) < 4.78 is 56.0. The highest BCUT2D eigenvalue weighted by atomic mass is 32.1. The van der Waals surface area contributed by atoms with E-state index in [1.807, 2.05) is 0 Å². The maximum atomic E-state index is 13.5. The number of hydrogen-bond acceptors (Lipinski definition) is 8. The maximum absolute atomic E-state index is 13.5. The van der Waals surface area contributed by atoms with E-state index >= 15 is 0 Å². The Morgan fingerprint density at radius 3 is 2.59 bits per heavy atom. The quantitative estimate of drug-likeness (QED) is 0.373. The largest absolute Gasteiger partial charge is 0.348 e. The molecule has 1 aromatic carbocycles. The van der Waals surface area contributed by atoms with Crippen molar-refractivity contribution in [2.45, 2.75) is 32.2 Å². The number of nitrogens with one attached hydrogen (secondary N) is 3. The molecule has 196 valence electrons. The number of aryl methyl sites for hydroxylation is 1. The minimum Gasteiger partial charge on any atom is -0.348 e. The molecule has 2 amide bonds. The topological polar surface area (TPSA) is 112 Å². The zero-order valence-corrected chi connectivity index (χ0v) is 20.4. The summed E-state index contributed by atoms with van der Waals surface area (Å²) in [5, 5.41) is 8.61. The van der Waals surface area contributed by atoms with Gasteiger partial charge in [0.1, 0.15) is 16.5 Å². The number of piperidine rings is 1. The zero-order chi connectivity index (χ0) is 26.5. The molecular weight excluding hydrogens is 514 g/mol. The first-order valence-electron chi connectivity index (χ1n) is 11.3. The number of hydrogen-bond donors (Lipinski definition) is 3. The number of alkyl halides is 2. The monoisotopic (exact) mass is 537 g/mol. The summed E-state index contributed by atoms with van der Waals surface area (Å²) in [7, 11) is 0. The van der Waals surface area contributed by atoms with Gasteiger partial charge in [0, 0.05) is 30.9 Å². The van der Waals surface area contributed by atoms with E-state index in [1.54, 1.807) is 11.8 Å². The van der Waals surface area contributed by atoms with Crippen LogP contribution in [-0.2, 0) is 0 Å². The molecule has 0 aliphatic carbocycles. The van der Waals surface area contributed by atoms with Crippen LogP contribution in [0.3, 0.4) is 0 Å². The number of carbonyl (C=O) groups is 2. The lowest BCUT2D eigenvalue weighted by atomic mass is 10.0. The molecule has 4 rings (SSSR count). The lowest BCUT2D eigenvalue weighted by molar-refractivity contribution is 0.0695. The third kappa shape index (κ3) is 6.77. The van der Waals surface area contributed by atoms with Crippen LogP contribution in [0.15, 0.2) is 30.6 Å². The van der Waals surface area contributed by atoms with Gasteiger partial charge in [-0.15, -0.1) is 0 Å². The van der Waals surface area contributed by atoms with E-state index < -0.39 is 29.9 Å². The average molecular weight is 538 g/mol. The van der Waals surface area contributed by atoms with Gasteiger partial charge in [0.2, 0.25) is 0 Å². The molecule has 0 unspecified atom stereocenters. The highest BCUT2D eigenvalue weighted by Crippen LogP contribution is 2.28. The number of rotatable bonds is 8. The molecule has 1 aliphatic rings. The molecule has 3 N–H and O–H groups in total. The number of halogens is 4.